The molecular formula is C13H15F3N2O2. The quantitative estimate of drug-likeness (QED) is 0.861. The zero-order valence-electron chi connectivity index (χ0n) is 10.7. The van der Waals surface area contributed by atoms with Gasteiger partial charge >= 0.3 is 6.18 Å². The van der Waals surface area contributed by atoms with E-state index in [1.807, 2.05) is 0 Å². The van der Waals surface area contributed by atoms with Crippen molar-refractivity contribution in [3.8, 4) is 0 Å². The predicted molar refractivity (Wildman–Crippen MR) is 65.9 cm³/mol. The standard InChI is InChI=1S/C13H15F3N2O2/c14-13(15,16)12(20)5-6-18(8-12)11(19)10-3-1-9(7-17)2-4-10/h1-4,20H,5-8,17H2/t12-/m1/s1. The second-order valence-electron chi connectivity index (χ2n) is 4.91. The Bertz CT molecular complexity index is 501. The molecule has 4 nitrogen and oxygen atoms in total. The van der Waals surface area contributed by atoms with E-state index < -0.39 is 30.7 Å². The monoisotopic (exact) mass is 288 g/mol. The van der Waals surface area contributed by atoms with Crippen molar-refractivity contribution < 1.29 is 23.1 Å². The smallest absolute Gasteiger partial charge is 0.379 e. The van der Waals surface area contributed by atoms with Crippen molar-refractivity contribution >= 4 is 5.91 Å². The van der Waals surface area contributed by atoms with E-state index in [0.29, 0.717) is 6.54 Å². The molecular weight excluding hydrogens is 273 g/mol. The van der Waals surface area contributed by atoms with Crippen LogP contribution in [0.1, 0.15) is 22.3 Å². The number of likely N-dealkylation sites (tertiary alicyclic amines) is 1. The minimum atomic E-state index is -4.73. The molecule has 1 aromatic rings. The number of benzene rings is 1. The lowest BCUT2D eigenvalue weighted by atomic mass is 10.0. The maximum Gasteiger partial charge on any atom is 0.419 e. The lowest BCUT2D eigenvalue weighted by molar-refractivity contribution is -0.253. The Morgan fingerprint density at radius 1 is 1.35 bits per heavy atom. The number of nitrogens with zero attached hydrogens (tertiary/aromatic N) is 1. The fourth-order valence-corrected chi connectivity index (χ4v) is 2.16. The molecule has 20 heavy (non-hydrogen) atoms. The summed E-state index contributed by atoms with van der Waals surface area (Å²) in [6.07, 6.45) is -5.23. The van der Waals surface area contributed by atoms with Crippen LogP contribution >= 0.6 is 0 Å². The molecule has 1 heterocycles. The van der Waals surface area contributed by atoms with Gasteiger partial charge in [0, 0.05) is 25.1 Å². The summed E-state index contributed by atoms with van der Waals surface area (Å²) in [7, 11) is 0. The van der Waals surface area contributed by atoms with Crippen LogP contribution in [-0.4, -0.2) is 40.8 Å². The number of carbonyl (C=O) groups is 1. The molecule has 1 saturated heterocycles. The van der Waals surface area contributed by atoms with Crippen molar-refractivity contribution in [2.45, 2.75) is 24.7 Å². The molecule has 0 spiro atoms. The van der Waals surface area contributed by atoms with Crippen LogP contribution < -0.4 is 5.73 Å². The minimum Gasteiger partial charge on any atom is -0.379 e. The summed E-state index contributed by atoms with van der Waals surface area (Å²) in [5, 5.41) is 9.54. The van der Waals surface area contributed by atoms with Gasteiger partial charge in [0.25, 0.3) is 5.91 Å². The van der Waals surface area contributed by atoms with Crippen molar-refractivity contribution in [1.29, 1.82) is 0 Å². The number of aliphatic hydroxyl groups is 1. The van der Waals surface area contributed by atoms with Gasteiger partial charge in [-0.25, -0.2) is 0 Å². The van der Waals surface area contributed by atoms with Crippen molar-refractivity contribution in [2.75, 3.05) is 13.1 Å². The van der Waals surface area contributed by atoms with Gasteiger partial charge in [-0.3, -0.25) is 4.79 Å². The molecule has 110 valence electrons. The molecule has 0 radical (unpaired) electrons. The van der Waals surface area contributed by atoms with Crippen LogP contribution in [0.2, 0.25) is 0 Å². The average molecular weight is 288 g/mol. The summed E-state index contributed by atoms with van der Waals surface area (Å²) < 4.78 is 38.0. The Balaban J connectivity index is 2.11. The maximum absolute atomic E-state index is 12.7. The molecule has 1 amide bonds. The highest BCUT2D eigenvalue weighted by molar-refractivity contribution is 5.94. The van der Waals surface area contributed by atoms with Crippen LogP contribution in [0.15, 0.2) is 24.3 Å². The maximum atomic E-state index is 12.7. The number of nitrogens with two attached hydrogens (primary N) is 1. The Labute approximate surface area is 114 Å². The number of amides is 1. The van der Waals surface area contributed by atoms with E-state index in [0.717, 1.165) is 10.5 Å². The first-order valence-electron chi connectivity index (χ1n) is 6.14. The lowest BCUT2D eigenvalue weighted by Gasteiger charge is -2.25. The fraction of sp³-hybridized carbons (Fsp3) is 0.462. The summed E-state index contributed by atoms with van der Waals surface area (Å²) in [5.74, 6) is -0.520. The van der Waals surface area contributed by atoms with E-state index in [9.17, 15) is 23.1 Å². The van der Waals surface area contributed by atoms with Gasteiger partial charge in [0.05, 0.1) is 6.54 Å². The molecule has 0 aromatic heterocycles. The summed E-state index contributed by atoms with van der Waals surface area (Å²) >= 11 is 0. The third-order valence-corrected chi connectivity index (χ3v) is 3.50. The normalized spacial score (nSPS) is 23.1. The largest absolute Gasteiger partial charge is 0.419 e. The third kappa shape index (κ3) is 2.64. The number of halogens is 3. The molecule has 0 unspecified atom stereocenters. The first-order chi connectivity index (χ1) is 9.27. The molecule has 1 atom stereocenters. The number of carbonyl (C=O) groups excluding carboxylic acids is 1. The summed E-state index contributed by atoms with van der Waals surface area (Å²) in [6.45, 7) is -0.520. The summed E-state index contributed by atoms with van der Waals surface area (Å²) in [4.78, 5) is 13.1. The van der Waals surface area contributed by atoms with Crippen molar-refractivity contribution in [2.24, 2.45) is 5.73 Å². The zero-order chi connectivity index (χ0) is 15.0. The van der Waals surface area contributed by atoms with Crippen LogP contribution in [0.3, 0.4) is 0 Å². The molecule has 1 aliphatic rings. The molecule has 2 rings (SSSR count). The summed E-state index contributed by atoms with van der Waals surface area (Å²) in [5.41, 5.74) is 3.74. The van der Waals surface area contributed by atoms with Gasteiger partial charge in [0.1, 0.15) is 0 Å². The molecule has 1 aromatic carbocycles. The van der Waals surface area contributed by atoms with E-state index in [1.165, 1.54) is 12.1 Å². The van der Waals surface area contributed by atoms with Crippen LogP contribution in [0.5, 0.6) is 0 Å². The van der Waals surface area contributed by atoms with Gasteiger partial charge in [-0.05, 0) is 17.7 Å². The SMILES string of the molecule is NCc1ccc(C(=O)N2CC[C@](O)(C(F)(F)F)C2)cc1. The van der Waals surface area contributed by atoms with Gasteiger partial charge < -0.3 is 15.7 Å². The average Bonchev–Trinajstić information content (AvgIpc) is 2.82. The summed E-state index contributed by atoms with van der Waals surface area (Å²) in [6, 6.07) is 6.35. The molecule has 0 aliphatic carbocycles. The molecule has 7 heteroatoms. The van der Waals surface area contributed by atoms with Gasteiger partial charge in [-0.1, -0.05) is 12.1 Å². The fourth-order valence-electron chi connectivity index (χ4n) is 2.16. The molecule has 0 bridgehead atoms. The van der Waals surface area contributed by atoms with Crippen LogP contribution in [-0.2, 0) is 6.54 Å². The topological polar surface area (TPSA) is 66.6 Å². The Hall–Kier alpha value is -1.60. The van der Waals surface area contributed by atoms with Gasteiger partial charge in [-0.15, -0.1) is 0 Å². The Kier molecular flexibility index (Phi) is 3.75. The number of hydrogen-bond acceptors (Lipinski definition) is 3. The predicted octanol–water partition coefficient (Wildman–Crippen LogP) is 1.28. The molecule has 0 saturated carbocycles. The van der Waals surface area contributed by atoms with Crippen LogP contribution in [0.25, 0.3) is 0 Å². The highest BCUT2D eigenvalue weighted by Gasteiger charge is 2.57. The molecule has 1 fully saturated rings. The van der Waals surface area contributed by atoms with E-state index in [4.69, 9.17) is 5.73 Å². The zero-order valence-corrected chi connectivity index (χ0v) is 10.7. The van der Waals surface area contributed by atoms with Gasteiger partial charge in [-0.2, -0.15) is 13.2 Å². The highest BCUT2D eigenvalue weighted by Crippen LogP contribution is 2.37. The second-order valence-corrected chi connectivity index (χ2v) is 4.91. The Morgan fingerprint density at radius 3 is 2.40 bits per heavy atom. The Morgan fingerprint density at radius 2 is 1.95 bits per heavy atom. The number of hydrogen-bond donors (Lipinski definition) is 2. The number of rotatable bonds is 2. The van der Waals surface area contributed by atoms with Crippen molar-refractivity contribution in [1.82, 2.24) is 4.90 Å². The second kappa shape index (κ2) is 5.06. The first kappa shape index (κ1) is 14.8. The molecule has 1 aliphatic heterocycles. The number of β-amino-alcohol motifs (C(OH)–C–C–N with tert-alkyl or cyclic N) is 1. The van der Waals surface area contributed by atoms with Crippen molar-refractivity contribution in [3.63, 3.8) is 0 Å². The van der Waals surface area contributed by atoms with Crippen LogP contribution in [0, 0.1) is 0 Å². The lowest BCUT2D eigenvalue weighted by Crippen LogP contribution is -2.48. The van der Waals surface area contributed by atoms with E-state index in [-0.39, 0.29) is 12.1 Å². The van der Waals surface area contributed by atoms with Crippen molar-refractivity contribution in [3.05, 3.63) is 35.4 Å². The van der Waals surface area contributed by atoms with Gasteiger partial charge in [0.2, 0.25) is 0 Å². The van der Waals surface area contributed by atoms with E-state index in [2.05, 4.69) is 0 Å². The van der Waals surface area contributed by atoms with Crippen LogP contribution in [0.4, 0.5) is 13.2 Å². The molecule has 3 N–H and O–H groups in total. The van der Waals surface area contributed by atoms with Gasteiger partial charge in [0.15, 0.2) is 5.60 Å². The van der Waals surface area contributed by atoms with E-state index in [1.54, 1.807) is 12.1 Å². The third-order valence-electron chi connectivity index (χ3n) is 3.50. The first-order valence-corrected chi connectivity index (χ1v) is 6.14. The van der Waals surface area contributed by atoms with E-state index >= 15 is 0 Å². The number of alkyl halides is 3. The minimum absolute atomic E-state index is 0.118. The highest BCUT2D eigenvalue weighted by atomic mass is 19.4.